The largest absolute Gasteiger partial charge is 0.483 e. The average molecular weight is 314 g/mol. The number of hydrogen-bond acceptors (Lipinski definition) is 3. The average Bonchev–Trinajstić information content (AvgIpc) is 2.39. The molecule has 21 heavy (non-hydrogen) atoms. The van der Waals surface area contributed by atoms with Crippen LogP contribution >= 0.6 is 11.6 Å². The zero-order chi connectivity index (χ0) is 16.0. The standard InChI is InChI=1S/C16H24ClNO3/c1-10(2)13-7-14(17)11(3)6-15(13)21-9-16(19)18-12(4)8-20-5/h6-7,10,12H,8-9H2,1-5H3,(H,18,19). The molecule has 4 nitrogen and oxygen atoms in total. The Morgan fingerprint density at radius 1 is 1.33 bits per heavy atom. The van der Waals surface area contributed by atoms with Crippen molar-refractivity contribution >= 4 is 17.5 Å². The summed E-state index contributed by atoms with van der Waals surface area (Å²) in [5, 5.41) is 3.52. The summed E-state index contributed by atoms with van der Waals surface area (Å²) in [5.74, 6) is 0.817. The van der Waals surface area contributed by atoms with Gasteiger partial charge in [-0.25, -0.2) is 0 Å². The third kappa shape index (κ3) is 5.56. The molecule has 118 valence electrons. The number of nitrogens with one attached hydrogen (secondary N) is 1. The van der Waals surface area contributed by atoms with Gasteiger partial charge < -0.3 is 14.8 Å². The van der Waals surface area contributed by atoms with Crippen molar-refractivity contribution in [1.29, 1.82) is 0 Å². The van der Waals surface area contributed by atoms with Gasteiger partial charge >= 0.3 is 0 Å². The van der Waals surface area contributed by atoms with E-state index in [4.69, 9.17) is 21.1 Å². The van der Waals surface area contributed by atoms with Crippen LogP contribution in [0.25, 0.3) is 0 Å². The van der Waals surface area contributed by atoms with Gasteiger partial charge in [0.15, 0.2) is 6.61 Å². The molecule has 0 heterocycles. The number of hydrogen-bond donors (Lipinski definition) is 1. The number of rotatable bonds is 7. The van der Waals surface area contributed by atoms with Gasteiger partial charge in [0.05, 0.1) is 6.61 Å². The van der Waals surface area contributed by atoms with Crippen LogP contribution in [0.2, 0.25) is 5.02 Å². The lowest BCUT2D eigenvalue weighted by Crippen LogP contribution is -2.38. The summed E-state index contributed by atoms with van der Waals surface area (Å²) >= 11 is 6.15. The molecule has 5 heteroatoms. The first kappa shape index (κ1) is 17.8. The van der Waals surface area contributed by atoms with E-state index < -0.39 is 0 Å². The van der Waals surface area contributed by atoms with Crippen molar-refractivity contribution in [2.75, 3.05) is 20.3 Å². The second-order valence-corrected chi connectivity index (χ2v) is 5.91. The van der Waals surface area contributed by atoms with E-state index in [0.717, 1.165) is 11.1 Å². The van der Waals surface area contributed by atoms with E-state index >= 15 is 0 Å². The first-order valence-corrected chi connectivity index (χ1v) is 7.44. The van der Waals surface area contributed by atoms with Crippen LogP contribution < -0.4 is 10.1 Å². The summed E-state index contributed by atoms with van der Waals surface area (Å²) in [6.07, 6.45) is 0. The summed E-state index contributed by atoms with van der Waals surface area (Å²) in [6, 6.07) is 3.74. The quantitative estimate of drug-likeness (QED) is 0.840. The number of halogens is 1. The van der Waals surface area contributed by atoms with Gasteiger partial charge in [-0.15, -0.1) is 0 Å². The van der Waals surface area contributed by atoms with Crippen molar-refractivity contribution < 1.29 is 14.3 Å². The fourth-order valence-electron chi connectivity index (χ4n) is 2.00. The molecule has 0 aliphatic heterocycles. The van der Waals surface area contributed by atoms with E-state index in [0.29, 0.717) is 17.4 Å². The maximum absolute atomic E-state index is 11.8. The van der Waals surface area contributed by atoms with Crippen LogP contribution in [0.5, 0.6) is 5.75 Å². The predicted molar refractivity (Wildman–Crippen MR) is 85.3 cm³/mol. The highest BCUT2D eigenvalue weighted by Gasteiger charge is 2.13. The van der Waals surface area contributed by atoms with Crippen LogP contribution in [0, 0.1) is 6.92 Å². The predicted octanol–water partition coefficient (Wildman–Crippen LogP) is 3.30. The molecule has 1 unspecified atom stereocenters. The molecule has 0 bridgehead atoms. The zero-order valence-corrected chi connectivity index (χ0v) is 14.1. The molecule has 1 rings (SSSR count). The van der Waals surface area contributed by atoms with Crippen LogP contribution in [0.15, 0.2) is 12.1 Å². The van der Waals surface area contributed by atoms with Gasteiger partial charge in [-0.3, -0.25) is 4.79 Å². The summed E-state index contributed by atoms with van der Waals surface area (Å²) in [6.45, 7) is 8.38. The second kappa shape index (κ2) is 8.25. The van der Waals surface area contributed by atoms with Crippen molar-refractivity contribution in [3.63, 3.8) is 0 Å². The molecule has 1 aromatic carbocycles. The van der Waals surface area contributed by atoms with E-state index in [2.05, 4.69) is 19.2 Å². The minimum absolute atomic E-state index is 0.0190. The lowest BCUT2D eigenvalue weighted by Gasteiger charge is -2.17. The Balaban J connectivity index is 2.70. The molecule has 1 atom stereocenters. The topological polar surface area (TPSA) is 47.6 Å². The number of amides is 1. The van der Waals surface area contributed by atoms with Gasteiger partial charge in [0, 0.05) is 18.2 Å². The van der Waals surface area contributed by atoms with Gasteiger partial charge in [-0.05, 0) is 43.0 Å². The molecule has 0 saturated heterocycles. The van der Waals surface area contributed by atoms with E-state index in [9.17, 15) is 4.79 Å². The highest BCUT2D eigenvalue weighted by Crippen LogP contribution is 2.31. The third-order valence-electron chi connectivity index (χ3n) is 3.10. The monoisotopic (exact) mass is 313 g/mol. The van der Waals surface area contributed by atoms with Crippen LogP contribution in [-0.4, -0.2) is 32.3 Å². The number of carbonyl (C=O) groups excluding carboxylic acids is 1. The van der Waals surface area contributed by atoms with Crippen molar-refractivity contribution in [2.45, 2.75) is 39.7 Å². The van der Waals surface area contributed by atoms with Gasteiger partial charge in [0.25, 0.3) is 5.91 Å². The molecule has 1 N–H and O–H groups in total. The highest BCUT2D eigenvalue weighted by molar-refractivity contribution is 6.31. The smallest absolute Gasteiger partial charge is 0.258 e. The first-order chi connectivity index (χ1) is 9.85. The molecule has 0 fully saturated rings. The molecule has 0 saturated carbocycles. The number of carbonyl (C=O) groups is 1. The highest BCUT2D eigenvalue weighted by atomic mass is 35.5. The van der Waals surface area contributed by atoms with E-state index in [1.54, 1.807) is 7.11 Å². The van der Waals surface area contributed by atoms with E-state index in [1.165, 1.54) is 0 Å². The van der Waals surface area contributed by atoms with Crippen molar-refractivity contribution in [2.24, 2.45) is 0 Å². The second-order valence-electron chi connectivity index (χ2n) is 5.51. The van der Waals surface area contributed by atoms with Crippen molar-refractivity contribution in [1.82, 2.24) is 5.32 Å². The third-order valence-corrected chi connectivity index (χ3v) is 3.50. The van der Waals surface area contributed by atoms with Gasteiger partial charge in [0.2, 0.25) is 0 Å². The summed E-state index contributed by atoms with van der Waals surface area (Å²) in [7, 11) is 1.60. The number of ether oxygens (including phenoxy) is 2. The van der Waals surface area contributed by atoms with Crippen LogP contribution in [-0.2, 0) is 9.53 Å². The molecule has 0 spiro atoms. The van der Waals surface area contributed by atoms with Gasteiger partial charge in [-0.2, -0.15) is 0 Å². The Labute approximate surface area is 131 Å². The maximum Gasteiger partial charge on any atom is 0.258 e. The van der Waals surface area contributed by atoms with Crippen molar-refractivity contribution in [3.8, 4) is 5.75 Å². The molecular formula is C16H24ClNO3. The molecule has 0 aliphatic rings. The molecule has 0 aliphatic carbocycles. The summed E-state index contributed by atoms with van der Waals surface area (Å²) < 4.78 is 10.6. The molecule has 0 aromatic heterocycles. The Morgan fingerprint density at radius 3 is 2.57 bits per heavy atom. The van der Waals surface area contributed by atoms with E-state index in [1.807, 2.05) is 26.0 Å². The minimum atomic E-state index is -0.165. The zero-order valence-electron chi connectivity index (χ0n) is 13.3. The summed E-state index contributed by atoms with van der Waals surface area (Å²) in [5.41, 5.74) is 1.94. The molecule has 1 amide bonds. The Morgan fingerprint density at radius 2 is 2.00 bits per heavy atom. The lowest BCUT2D eigenvalue weighted by molar-refractivity contribution is -0.124. The van der Waals surface area contributed by atoms with Gasteiger partial charge in [-0.1, -0.05) is 25.4 Å². The minimum Gasteiger partial charge on any atom is -0.483 e. The van der Waals surface area contributed by atoms with Crippen LogP contribution in [0.1, 0.15) is 37.8 Å². The van der Waals surface area contributed by atoms with Gasteiger partial charge in [0.1, 0.15) is 5.75 Å². The fourth-order valence-corrected chi connectivity index (χ4v) is 2.17. The van der Waals surface area contributed by atoms with Crippen molar-refractivity contribution in [3.05, 3.63) is 28.3 Å². The number of benzene rings is 1. The lowest BCUT2D eigenvalue weighted by atomic mass is 10.0. The number of methoxy groups -OCH3 is 1. The number of aryl methyl sites for hydroxylation is 1. The Kier molecular flexibility index (Phi) is 6.99. The summed E-state index contributed by atoms with van der Waals surface area (Å²) in [4.78, 5) is 11.8. The molecule has 1 aromatic rings. The first-order valence-electron chi connectivity index (χ1n) is 7.06. The molecular weight excluding hydrogens is 290 g/mol. The maximum atomic E-state index is 11.8. The SMILES string of the molecule is COCC(C)NC(=O)COc1cc(C)c(Cl)cc1C(C)C. The normalized spacial score (nSPS) is 12.3. The van der Waals surface area contributed by atoms with E-state index in [-0.39, 0.29) is 24.5 Å². The molecule has 0 radical (unpaired) electrons. The van der Waals surface area contributed by atoms with Crippen LogP contribution in [0.4, 0.5) is 0 Å². The van der Waals surface area contributed by atoms with Crippen LogP contribution in [0.3, 0.4) is 0 Å². The Hall–Kier alpha value is -1.26. The fraction of sp³-hybridized carbons (Fsp3) is 0.562. The Bertz CT molecular complexity index is 489.